The number of benzene rings is 1. The lowest BCUT2D eigenvalue weighted by Gasteiger charge is -2.53. The number of rotatable bonds is 8. The fourth-order valence-electron chi connectivity index (χ4n) is 7.05. The molecule has 0 aromatic heterocycles. The second-order valence-corrected chi connectivity index (χ2v) is 12.3. The number of hydrogen-bond donors (Lipinski definition) is 2. The lowest BCUT2D eigenvalue weighted by atomic mass is 9.64. The predicted molar refractivity (Wildman–Crippen MR) is 135 cm³/mol. The molecule has 0 unspecified atom stereocenters. The number of nitrogens with zero attached hydrogens (tertiary/aromatic N) is 1. The summed E-state index contributed by atoms with van der Waals surface area (Å²) < 4.78 is 5.39. The third kappa shape index (κ3) is 3.79. The fraction of sp³-hybridized carbons (Fsp3) is 0.643. The summed E-state index contributed by atoms with van der Waals surface area (Å²) >= 11 is 6.82. The van der Waals surface area contributed by atoms with E-state index < -0.39 is 22.5 Å². The van der Waals surface area contributed by atoms with Crippen molar-refractivity contribution < 1.29 is 19.4 Å². The van der Waals surface area contributed by atoms with Crippen LogP contribution in [0.1, 0.15) is 82.8 Å². The van der Waals surface area contributed by atoms with Crippen molar-refractivity contribution in [1.29, 1.82) is 0 Å². The normalized spacial score (nSPS) is 35.9. The summed E-state index contributed by atoms with van der Waals surface area (Å²) in [5, 5.41) is 13.7. The van der Waals surface area contributed by atoms with Gasteiger partial charge in [0.05, 0.1) is 23.1 Å². The topological polar surface area (TPSA) is 78.9 Å². The summed E-state index contributed by atoms with van der Waals surface area (Å²) in [5.74, 6) is 1.23. The minimum absolute atomic E-state index is 0.173. The van der Waals surface area contributed by atoms with Gasteiger partial charge in [-0.15, -0.1) is 0 Å². The number of aliphatic carboxylic acids is 1. The van der Waals surface area contributed by atoms with E-state index in [4.69, 9.17) is 16.3 Å². The minimum Gasteiger partial charge on any atom is -0.481 e. The van der Waals surface area contributed by atoms with Gasteiger partial charge in [-0.05, 0) is 92.4 Å². The fourth-order valence-corrected chi connectivity index (χ4v) is 7.38. The summed E-state index contributed by atoms with van der Waals surface area (Å²) in [6.07, 6.45) is 7.37. The van der Waals surface area contributed by atoms with E-state index in [-0.39, 0.29) is 6.03 Å². The SMILES string of the molecule is COCCC1=CN(C23CCC(C(=O)O)(C2)C3)C(=O)N[C@@]1(C)c1ccc(C2CC(C(C)C)C2)c(Cl)c1. The number of methoxy groups -OCH3 is 1. The van der Waals surface area contributed by atoms with Crippen LogP contribution >= 0.6 is 11.6 Å². The predicted octanol–water partition coefficient (Wildman–Crippen LogP) is 6.05. The molecule has 190 valence electrons. The first-order valence-corrected chi connectivity index (χ1v) is 13.3. The van der Waals surface area contributed by atoms with Crippen molar-refractivity contribution in [1.82, 2.24) is 10.2 Å². The number of urea groups is 1. The van der Waals surface area contributed by atoms with E-state index in [0.29, 0.717) is 44.1 Å². The molecular weight excluding hydrogens is 464 g/mol. The summed E-state index contributed by atoms with van der Waals surface area (Å²) in [5.41, 5.74) is 1.42. The van der Waals surface area contributed by atoms with Crippen LogP contribution in [0.2, 0.25) is 5.02 Å². The third-order valence-electron chi connectivity index (χ3n) is 9.58. The van der Waals surface area contributed by atoms with Gasteiger partial charge in [0.2, 0.25) is 0 Å². The first-order chi connectivity index (χ1) is 16.5. The summed E-state index contributed by atoms with van der Waals surface area (Å²) in [4.78, 5) is 27.0. The molecule has 4 aliphatic carbocycles. The Kier molecular flexibility index (Phi) is 5.99. The number of ether oxygens (including phenoxy) is 1. The van der Waals surface area contributed by atoms with Crippen LogP contribution < -0.4 is 5.32 Å². The standard InChI is InChI=1S/C28H37ClN2O4/c1-17(2)18-11-19(12-18)22-6-5-20(13-23(22)29)26(3)21(7-10-35-4)14-31(25(34)30-26)28-9-8-27(15-28,16-28)24(32)33/h5-6,13-14,17-19H,7-12,15-16H2,1-4H3,(H,30,34)(H,32,33)/t18?,19?,26-,27?,28?/m0/s1. The van der Waals surface area contributed by atoms with Crippen molar-refractivity contribution >= 4 is 23.6 Å². The Morgan fingerprint density at radius 2 is 2.00 bits per heavy atom. The van der Waals surface area contributed by atoms with Crippen LogP contribution in [0.5, 0.6) is 0 Å². The number of carbonyl (C=O) groups excluding carboxylic acids is 1. The van der Waals surface area contributed by atoms with Gasteiger partial charge >= 0.3 is 12.0 Å². The highest BCUT2D eigenvalue weighted by Crippen LogP contribution is 2.64. The number of carboxylic acid groups (broad SMARTS) is 1. The number of nitrogens with one attached hydrogen (secondary N) is 1. The first-order valence-electron chi connectivity index (χ1n) is 12.9. The van der Waals surface area contributed by atoms with Crippen molar-refractivity contribution in [2.45, 2.75) is 82.7 Å². The van der Waals surface area contributed by atoms with E-state index in [1.54, 1.807) is 12.0 Å². The number of hydrogen-bond acceptors (Lipinski definition) is 3. The van der Waals surface area contributed by atoms with Crippen LogP contribution in [0.4, 0.5) is 4.79 Å². The number of carbonyl (C=O) groups is 2. The van der Waals surface area contributed by atoms with E-state index in [9.17, 15) is 14.7 Å². The molecule has 4 fully saturated rings. The van der Waals surface area contributed by atoms with Crippen LogP contribution in [0.25, 0.3) is 0 Å². The Labute approximate surface area is 213 Å². The molecule has 1 heterocycles. The molecule has 4 saturated carbocycles. The van der Waals surface area contributed by atoms with Gasteiger partial charge < -0.3 is 15.2 Å². The van der Waals surface area contributed by atoms with E-state index in [0.717, 1.165) is 28.5 Å². The van der Waals surface area contributed by atoms with Crippen molar-refractivity contribution in [2.24, 2.45) is 17.3 Å². The molecule has 1 aromatic rings. The molecule has 1 aromatic carbocycles. The Bertz CT molecular complexity index is 1070. The second-order valence-electron chi connectivity index (χ2n) is 11.9. The Morgan fingerprint density at radius 3 is 2.57 bits per heavy atom. The van der Waals surface area contributed by atoms with Crippen molar-refractivity contribution in [3.63, 3.8) is 0 Å². The summed E-state index contributed by atoms with van der Waals surface area (Å²) in [6, 6.07) is 6.09. The van der Waals surface area contributed by atoms with Gasteiger partial charge in [0.25, 0.3) is 0 Å². The summed E-state index contributed by atoms with van der Waals surface area (Å²) in [6.45, 7) is 7.13. The minimum atomic E-state index is -0.739. The zero-order valence-corrected chi connectivity index (χ0v) is 22.0. The quantitative estimate of drug-likeness (QED) is 0.455. The molecule has 2 bridgehead atoms. The van der Waals surface area contributed by atoms with Crippen LogP contribution in [-0.4, -0.2) is 41.3 Å². The maximum atomic E-state index is 13.5. The Balaban J connectivity index is 1.43. The molecule has 0 radical (unpaired) electrons. The highest BCUT2D eigenvalue weighted by atomic mass is 35.5. The van der Waals surface area contributed by atoms with E-state index >= 15 is 0 Å². The van der Waals surface area contributed by atoms with Gasteiger partial charge in [0.15, 0.2) is 0 Å². The lowest BCUT2D eigenvalue weighted by Crippen LogP contribution is -2.64. The largest absolute Gasteiger partial charge is 0.481 e. The van der Waals surface area contributed by atoms with E-state index in [2.05, 4.69) is 31.3 Å². The molecule has 0 saturated heterocycles. The lowest BCUT2D eigenvalue weighted by molar-refractivity contribution is -0.156. The molecule has 2 amide bonds. The molecular formula is C28H37ClN2O4. The monoisotopic (exact) mass is 500 g/mol. The van der Waals surface area contributed by atoms with Crippen molar-refractivity contribution in [3.05, 3.63) is 46.1 Å². The van der Waals surface area contributed by atoms with E-state index in [1.165, 1.54) is 18.4 Å². The van der Waals surface area contributed by atoms with Crippen LogP contribution in [0, 0.1) is 17.3 Å². The molecule has 35 heavy (non-hydrogen) atoms. The number of carboxylic acids is 1. The molecule has 1 atom stereocenters. The van der Waals surface area contributed by atoms with Crippen LogP contribution in [0.15, 0.2) is 30.0 Å². The zero-order chi connectivity index (χ0) is 25.2. The van der Waals surface area contributed by atoms with Crippen molar-refractivity contribution in [2.75, 3.05) is 13.7 Å². The highest BCUT2D eigenvalue weighted by Gasteiger charge is 2.68. The highest BCUT2D eigenvalue weighted by molar-refractivity contribution is 6.31. The molecule has 0 spiro atoms. The van der Waals surface area contributed by atoms with Crippen LogP contribution in [-0.2, 0) is 15.1 Å². The number of amides is 2. The van der Waals surface area contributed by atoms with Gasteiger partial charge in [-0.1, -0.05) is 37.6 Å². The first kappa shape index (κ1) is 24.6. The third-order valence-corrected chi connectivity index (χ3v) is 9.91. The van der Waals surface area contributed by atoms with Crippen molar-refractivity contribution in [3.8, 4) is 0 Å². The Morgan fingerprint density at radius 1 is 1.29 bits per heavy atom. The van der Waals surface area contributed by atoms with Gasteiger partial charge in [0, 0.05) is 18.3 Å². The molecule has 6 nitrogen and oxygen atoms in total. The molecule has 5 aliphatic rings. The van der Waals surface area contributed by atoms with E-state index in [1.807, 2.05) is 19.2 Å². The molecule has 7 heteroatoms. The van der Waals surface area contributed by atoms with Crippen LogP contribution in [0.3, 0.4) is 0 Å². The summed E-state index contributed by atoms with van der Waals surface area (Å²) in [7, 11) is 1.68. The smallest absolute Gasteiger partial charge is 0.322 e. The average Bonchev–Trinajstić information content (AvgIpc) is 3.31. The van der Waals surface area contributed by atoms with Gasteiger partial charge in [-0.3, -0.25) is 9.69 Å². The second kappa shape index (κ2) is 8.52. The maximum absolute atomic E-state index is 13.5. The molecule has 2 N–H and O–H groups in total. The molecule has 1 aliphatic heterocycles. The van der Waals surface area contributed by atoms with Gasteiger partial charge in [-0.25, -0.2) is 4.79 Å². The Hall–Kier alpha value is -2.05. The maximum Gasteiger partial charge on any atom is 0.322 e. The molecule has 6 rings (SSSR count). The van der Waals surface area contributed by atoms with Gasteiger partial charge in [-0.2, -0.15) is 0 Å². The zero-order valence-electron chi connectivity index (χ0n) is 21.2. The number of halogens is 1. The number of fused-ring (bicyclic) bond motifs is 1. The van der Waals surface area contributed by atoms with Gasteiger partial charge in [0.1, 0.15) is 0 Å². The average molecular weight is 501 g/mol.